The van der Waals surface area contributed by atoms with Crippen LogP contribution in [-0.2, 0) is 37.5 Å². The molecule has 8 rings (SSSR count). The minimum atomic E-state index is -4.24. The quantitative estimate of drug-likeness (QED) is 0.374. The van der Waals surface area contributed by atoms with Crippen molar-refractivity contribution < 1.29 is 36.7 Å². The maximum atomic E-state index is 14.4. The summed E-state index contributed by atoms with van der Waals surface area (Å²) in [6.07, 6.45) is 3.26. The summed E-state index contributed by atoms with van der Waals surface area (Å²) in [5.41, 5.74) is 1.20. The summed E-state index contributed by atoms with van der Waals surface area (Å²) in [5.74, 6) is -0.217. The third kappa shape index (κ3) is 3.59. The molecule has 3 aliphatic heterocycles. The summed E-state index contributed by atoms with van der Waals surface area (Å²) in [6, 6.07) is 7.37. The number of fused-ring (bicyclic) bond motifs is 1. The summed E-state index contributed by atoms with van der Waals surface area (Å²) in [4.78, 5) is 15.4. The van der Waals surface area contributed by atoms with E-state index in [9.17, 15) is 27.8 Å². The number of nitrogens with zero attached hydrogens (tertiary/aromatic N) is 2. The number of phenols is 1. The number of likely N-dealkylation sites (tertiary alicyclic amines) is 1. The van der Waals surface area contributed by atoms with Crippen molar-refractivity contribution in [3.63, 3.8) is 0 Å². The van der Waals surface area contributed by atoms with Gasteiger partial charge in [0.05, 0.1) is 17.1 Å². The van der Waals surface area contributed by atoms with Gasteiger partial charge in [-0.05, 0) is 80.3 Å². The molecule has 3 fully saturated rings. The molecule has 6 aliphatic rings. The van der Waals surface area contributed by atoms with Gasteiger partial charge in [0.25, 0.3) is 10.1 Å². The fourth-order valence-corrected chi connectivity index (χ4v) is 9.59. The molecule has 0 aromatic heterocycles. The Morgan fingerprint density at radius 3 is 2.73 bits per heavy atom. The first-order chi connectivity index (χ1) is 19.6. The SMILES string of the molecule is O=CCS(=O)(=O)OC1c2cc(F)ccc2CN1[C@@H]1CC[C@@]2(O)[C@H]3Cc4ccc(O)c5c4[C@@]2(CCN3CC2CC2)[C@H]1O5. The number of hydrogen-bond donors (Lipinski definition) is 2. The predicted octanol–water partition coefficient (Wildman–Crippen LogP) is 2.52. The number of benzene rings is 2. The van der Waals surface area contributed by atoms with Crippen LogP contribution in [0, 0.1) is 11.7 Å². The second kappa shape index (κ2) is 8.73. The summed E-state index contributed by atoms with van der Waals surface area (Å²) < 4.78 is 52.2. The van der Waals surface area contributed by atoms with E-state index in [0.717, 1.165) is 29.8 Å². The Kier molecular flexibility index (Phi) is 5.56. The molecule has 2 aromatic rings. The Bertz CT molecular complexity index is 1560. The van der Waals surface area contributed by atoms with E-state index in [2.05, 4.69) is 4.90 Å². The summed E-state index contributed by atoms with van der Waals surface area (Å²) in [5, 5.41) is 23.7. The minimum absolute atomic E-state index is 0.0284. The molecule has 41 heavy (non-hydrogen) atoms. The van der Waals surface area contributed by atoms with E-state index >= 15 is 0 Å². The number of ether oxygens (including phenoxy) is 1. The van der Waals surface area contributed by atoms with Crippen LogP contribution in [0.3, 0.4) is 0 Å². The van der Waals surface area contributed by atoms with E-state index in [1.165, 1.54) is 25.0 Å². The number of halogens is 1. The summed E-state index contributed by atoms with van der Waals surface area (Å²) in [6.45, 7) is 2.06. The zero-order chi connectivity index (χ0) is 28.3. The Balaban J connectivity index is 1.24. The van der Waals surface area contributed by atoms with Gasteiger partial charge in [-0.25, -0.2) is 8.57 Å². The van der Waals surface area contributed by atoms with Crippen molar-refractivity contribution in [1.29, 1.82) is 0 Å². The molecule has 11 heteroatoms. The van der Waals surface area contributed by atoms with E-state index in [4.69, 9.17) is 8.92 Å². The zero-order valence-corrected chi connectivity index (χ0v) is 23.4. The number of aldehydes is 1. The number of aliphatic hydroxyl groups is 1. The molecule has 0 amide bonds. The molecule has 1 spiro atoms. The van der Waals surface area contributed by atoms with E-state index in [1.807, 2.05) is 11.0 Å². The Morgan fingerprint density at radius 2 is 1.95 bits per heavy atom. The van der Waals surface area contributed by atoms with Crippen LogP contribution in [0.4, 0.5) is 4.39 Å². The van der Waals surface area contributed by atoms with E-state index in [-0.39, 0.29) is 18.1 Å². The van der Waals surface area contributed by atoms with Crippen molar-refractivity contribution in [3.8, 4) is 11.5 Å². The van der Waals surface area contributed by atoms with Crippen molar-refractivity contribution in [2.24, 2.45) is 5.92 Å². The predicted molar refractivity (Wildman–Crippen MR) is 144 cm³/mol. The molecule has 9 nitrogen and oxygen atoms in total. The van der Waals surface area contributed by atoms with Gasteiger partial charge in [-0.15, -0.1) is 0 Å². The highest BCUT2D eigenvalue weighted by atomic mass is 32.2. The molecule has 6 atom stereocenters. The maximum Gasteiger partial charge on any atom is 0.276 e. The van der Waals surface area contributed by atoms with Gasteiger partial charge >= 0.3 is 0 Å². The molecule has 3 aliphatic carbocycles. The van der Waals surface area contributed by atoms with Gasteiger partial charge < -0.3 is 19.7 Å². The number of hydrogen-bond acceptors (Lipinski definition) is 9. The normalized spacial score (nSPS) is 35.6. The molecular weight excluding hydrogens is 551 g/mol. The molecule has 3 heterocycles. The van der Waals surface area contributed by atoms with Crippen molar-refractivity contribution in [3.05, 3.63) is 58.4 Å². The van der Waals surface area contributed by atoms with Gasteiger partial charge in [0.15, 0.2) is 17.7 Å². The van der Waals surface area contributed by atoms with E-state index in [1.54, 1.807) is 12.1 Å². The topological polar surface area (TPSA) is 117 Å². The number of carbonyl (C=O) groups excluding carboxylic acids is 1. The van der Waals surface area contributed by atoms with Crippen LogP contribution in [0.25, 0.3) is 0 Å². The number of piperidine rings is 1. The van der Waals surface area contributed by atoms with Gasteiger partial charge in [0.1, 0.15) is 24.0 Å². The Hall–Kier alpha value is -2.57. The first kappa shape index (κ1) is 26.1. The molecule has 2 saturated carbocycles. The molecule has 2 aromatic carbocycles. The highest BCUT2D eigenvalue weighted by molar-refractivity contribution is 7.87. The van der Waals surface area contributed by atoms with Crippen molar-refractivity contribution in [1.82, 2.24) is 9.80 Å². The van der Waals surface area contributed by atoms with Crippen LogP contribution in [0.2, 0.25) is 0 Å². The van der Waals surface area contributed by atoms with Crippen LogP contribution in [0.15, 0.2) is 30.3 Å². The highest BCUT2D eigenvalue weighted by Gasteiger charge is 2.73. The fraction of sp³-hybridized carbons (Fsp3) is 0.567. The lowest BCUT2D eigenvalue weighted by Crippen LogP contribution is -2.78. The third-order valence-electron chi connectivity index (χ3n) is 10.7. The summed E-state index contributed by atoms with van der Waals surface area (Å²) >= 11 is 0. The molecule has 1 unspecified atom stereocenters. The molecule has 0 radical (unpaired) electrons. The van der Waals surface area contributed by atoms with E-state index < -0.39 is 51.1 Å². The molecule has 2 bridgehead atoms. The lowest BCUT2D eigenvalue weighted by atomic mass is 9.48. The second-order valence-corrected chi connectivity index (χ2v) is 14.4. The smallest absolute Gasteiger partial charge is 0.276 e. The molecule has 1 saturated heterocycles. The zero-order valence-electron chi connectivity index (χ0n) is 22.5. The van der Waals surface area contributed by atoms with Crippen molar-refractivity contribution in [2.45, 2.75) is 80.5 Å². The van der Waals surface area contributed by atoms with Crippen LogP contribution in [0.1, 0.15) is 60.6 Å². The summed E-state index contributed by atoms with van der Waals surface area (Å²) in [7, 11) is -4.24. The van der Waals surface area contributed by atoms with Crippen LogP contribution in [0.5, 0.6) is 11.5 Å². The van der Waals surface area contributed by atoms with Gasteiger partial charge in [-0.1, -0.05) is 12.1 Å². The highest BCUT2D eigenvalue weighted by Crippen LogP contribution is 2.66. The molecular formula is C30H33FN2O7S. The van der Waals surface area contributed by atoms with Gasteiger partial charge in [0.2, 0.25) is 0 Å². The number of aromatic hydroxyl groups is 1. The maximum absolute atomic E-state index is 14.4. The first-order valence-corrected chi connectivity index (χ1v) is 16.1. The Labute approximate surface area is 238 Å². The third-order valence-corrected chi connectivity index (χ3v) is 11.7. The lowest BCUT2D eigenvalue weighted by Gasteiger charge is -2.65. The second-order valence-electron chi connectivity index (χ2n) is 12.8. The largest absolute Gasteiger partial charge is 0.504 e. The number of rotatable bonds is 7. The van der Waals surface area contributed by atoms with Crippen molar-refractivity contribution in [2.75, 3.05) is 18.8 Å². The van der Waals surface area contributed by atoms with Crippen LogP contribution in [-0.4, -0.2) is 77.3 Å². The fourth-order valence-electron chi connectivity index (χ4n) is 8.85. The number of carbonyl (C=O) groups is 1. The average Bonchev–Trinajstić information content (AvgIpc) is 3.58. The monoisotopic (exact) mass is 584 g/mol. The average molecular weight is 585 g/mol. The van der Waals surface area contributed by atoms with E-state index in [0.29, 0.717) is 49.5 Å². The number of phenolic OH excluding ortho intramolecular Hbond substituents is 1. The van der Waals surface area contributed by atoms with Gasteiger partial charge in [0, 0.05) is 30.3 Å². The molecule has 218 valence electrons. The van der Waals surface area contributed by atoms with Gasteiger partial charge in [-0.2, -0.15) is 8.42 Å². The first-order valence-electron chi connectivity index (χ1n) is 14.5. The minimum Gasteiger partial charge on any atom is -0.504 e. The van der Waals surface area contributed by atoms with Gasteiger partial charge in [-0.3, -0.25) is 9.80 Å². The van der Waals surface area contributed by atoms with Crippen LogP contribution < -0.4 is 4.74 Å². The van der Waals surface area contributed by atoms with Crippen molar-refractivity contribution >= 4 is 16.4 Å². The van der Waals surface area contributed by atoms with Crippen LogP contribution >= 0.6 is 0 Å². The standard InChI is InChI=1S/C30H33FN2O7S/c31-20-5-3-19-16-33(28(21(19)14-20)40-41(37,38)12-11-34)22-7-8-30(36)24-13-18-4-6-23(35)26-25(18)29(30,27(22)39-26)9-10-32(24)15-17-1-2-17/h3-6,11,14,17,22,24,27-28,35-36H,1-2,7-10,12-13,15-16H2/t22-,24-,27+,28?,29+,30-/m1/s1. The molecule has 2 N–H and O–H groups in total. The lowest BCUT2D eigenvalue weighted by molar-refractivity contribution is -0.207. The Morgan fingerprint density at radius 1 is 1.15 bits per heavy atom.